The van der Waals surface area contributed by atoms with Crippen molar-refractivity contribution >= 4 is 23.4 Å². The van der Waals surface area contributed by atoms with Gasteiger partial charge in [-0.3, -0.25) is 9.59 Å². The summed E-state index contributed by atoms with van der Waals surface area (Å²) in [6.07, 6.45) is 5.13. The molecule has 2 aliphatic rings. The van der Waals surface area contributed by atoms with Crippen molar-refractivity contribution in [2.45, 2.75) is 32.1 Å². The van der Waals surface area contributed by atoms with Crippen molar-refractivity contribution in [2.24, 2.45) is 5.92 Å². The van der Waals surface area contributed by atoms with Crippen LogP contribution in [0.4, 0.5) is 0 Å². The number of nitrogens with zero attached hydrogens (tertiary/aromatic N) is 2. The molecule has 1 saturated carbocycles. The van der Waals surface area contributed by atoms with Crippen LogP contribution in [0, 0.1) is 5.92 Å². The summed E-state index contributed by atoms with van der Waals surface area (Å²) >= 11 is 6.05. The maximum Gasteiger partial charge on any atom is 0.257 e. The molecular formula is C19H25ClN2O3. The first kappa shape index (κ1) is 18.1. The minimum absolute atomic E-state index is 0.0884. The average Bonchev–Trinajstić information content (AvgIpc) is 3.05. The van der Waals surface area contributed by atoms with E-state index in [0.717, 1.165) is 38.6 Å². The van der Waals surface area contributed by atoms with E-state index in [-0.39, 0.29) is 17.7 Å². The lowest BCUT2D eigenvalue weighted by atomic mass is 10.1. The Bertz CT molecular complexity index is 644. The van der Waals surface area contributed by atoms with Gasteiger partial charge in [-0.05, 0) is 37.5 Å². The van der Waals surface area contributed by atoms with Crippen molar-refractivity contribution in [3.8, 4) is 5.75 Å². The summed E-state index contributed by atoms with van der Waals surface area (Å²) in [6.45, 7) is 2.52. The Labute approximate surface area is 153 Å². The van der Waals surface area contributed by atoms with E-state index >= 15 is 0 Å². The molecule has 1 heterocycles. The van der Waals surface area contributed by atoms with Gasteiger partial charge in [-0.2, -0.15) is 0 Å². The Morgan fingerprint density at radius 2 is 1.72 bits per heavy atom. The fraction of sp³-hybridized carbons (Fsp3) is 0.579. The van der Waals surface area contributed by atoms with Gasteiger partial charge < -0.3 is 14.5 Å². The Kier molecular flexibility index (Phi) is 5.84. The fourth-order valence-electron chi connectivity index (χ4n) is 3.79. The maximum atomic E-state index is 12.9. The summed E-state index contributed by atoms with van der Waals surface area (Å²) in [7, 11) is 1.55. The number of amides is 2. The zero-order valence-corrected chi connectivity index (χ0v) is 15.4. The van der Waals surface area contributed by atoms with Crippen molar-refractivity contribution in [2.75, 3.05) is 33.3 Å². The summed E-state index contributed by atoms with van der Waals surface area (Å²) in [5, 5.41) is 0.511. The van der Waals surface area contributed by atoms with Gasteiger partial charge in [-0.25, -0.2) is 0 Å². The molecule has 0 bridgehead atoms. The Balaban J connectivity index is 1.67. The van der Waals surface area contributed by atoms with Crippen LogP contribution in [0.3, 0.4) is 0 Å². The molecule has 0 N–H and O–H groups in total. The van der Waals surface area contributed by atoms with E-state index < -0.39 is 0 Å². The van der Waals surface area contributed by atoms with E-state index in [0.29, 0.717) is 36.0 Å². The number of hydrogen-bond donors (Lipinski definition) is 0. The number of rotatable bonds is 3. The van der Waals surface area contributed by atoms with Gasteiger partial charge in [0, 0.05) is 37.1 Å². The number of benzene rings is 1. The van der Waals surface area contributed by atoms with Gasteiger partial charge in [-0.15, -0.1) is 0 Å². The SMILES string of the molecule is COc1ccc(Cl)cc1C(=O)N1CCCN(C(=O)C2CCCC2)CC1. The molecule has 0 radical (unpaired) electrons. The summed E-state index contributed by atoms with van der Waals surface area (Å²) in [6, 6.07) is 5.07. The maximum absolute atomic E-state index is 12.9. The molecule has 2 fully saturated rings. The zero-order chi connectivity index (χ0) is 17.8. The highest BCUT2D eigenvalue weighted by molar-refractivity contribution is 6.31. The van der Waals surface area contributed by atoms with Gasteiger partial charge in [0.1, 0.15) is 5.75 Å². The predicted octanol–water partition coefficient (Wildman–Crippen LogP) is 3.21. The van der Waals surface area contributed by atoms with Crippen molar-refractivity contribution < 1.29 is 14.3 Å². The molecular weight excluding hydrogens is 340 g/mol. The Morgan fingerprint density at radius 1 is 1.04 bits per heavy atom. The second-order valence-electron chi connectivity index (χ2n) is 6.80. The lowest BCUT2D eigenvalue weighted by molar-refractivity contribution is -0.135. The van der Waals surface area contributed by atoms with E-state index in [4.69, 9.17) is 16.3 Å². The van der Waals surface area contributed by atoms with Crippen LogP contribution in [0.15, 0.2) is 18.2 Å². The van der Waals surface area contributed by atoms with Crippen molar-refractivity contribution in [1.82, 2.24) is 9.80 Å². The van der Waals surface area contributed by atoms with Crippen LogP contribution in [0.5, 0.6) is 5.75 Å². The normalized spacial score (nSPS) is 19.0. The average molecular weight is 365 g/mol. The van der Waals surface area contributed by atoms with Gasteiger partial charge in [0.25, 0.3) is 5.91 Å². The molecule has 1 saturated heterocycles. The number of hydrogen-bond acceptors (Lipinski definition) is 3. The highest BCUT2D eigenvalue weighted by Crippen LogP contribution is 2.28. The van der Waals surface area contributed by atoms with E-state index in [9.17, 15) is 9.59 Å². The van der Waals surface area contributed by atoms with E-state index in [1.807, 2.05) is 4.90 Å². The van der Waals surface area contributed by atoms with Crippen LogP contribution in [0.1, 0.15) is 42.5 Å². The highest BCUT2D eigenvalue weighted by Gasteiger charge is 2.30. The Hall–Kier alpha value is -1.75. The second-order valence-corrected chi connectivity index (χ2v) is 7.23. The highest BCUT2D eigenvalue weighted by atomic mass is 35.5. The monoisotopic (exact) mass is 364 g/mol. The van der Waals surface area contributed by atoms with Crippen LogP contribution >= 0.6 is 11.6 Å². The van der Waals surface area contributed by atoms with E-state index in [2.05, 4.69) is 0 Å². The van der Waals surface area contributed by atoms with Gasteiger partial charge in [-0.1, -0.05) is 24.4 Å². The minimum Gasteiger partial charge on any atom is -0.496 e. The summed E-state index contributed by atoms with van der Waals surface area (Å²) < 4.78 is 5.30. The molecule has 0 unspecified atom stereocenters. The fourth-order valence-corrected chi connectivity index (χ4v) is 3.96. The van der Waals surface area contributed by atoms with Crippen LogP contribution in [0.25, 0.3) is 0 Å². The van der Waals surface area contributed by atoms with Crippen LogP contribution in [0.2, 0.25) is 5.02 Å². The smallest absolute Gasteiger partial charge is 0.257 e. The van der Waals surface area contributed by atoms with E-state index in [1.54, 1.807) is 30.2 Å². The lowest BCUT2D eigenvalue weighted by Crippen LogP contribution is -2.39. The molecule has 1 aliphatic carbocycles. The minimum atomic E-state index is -0.0884. The first-order chi connectivity index (χ1) is 12.1. The molecule has 0 spiro atoms. The third-order valence-electron chi connectivity index (χ3n) is 5.19. The molecule has 5 nitrogen and oxygen atoms in total. The summed E-state index contributed by atoms with van der Waals surface area (Å²) in [5.74, 6) is 0.898. The van der Waals surface area contributed by atoms with Gasteiger partial charge >= 0.3 is 0 Å². The first-order valence-corrected chi connectivity index (χ1v) is 9.39. The predicted molar refractivity (Wildman–Crippen MR) is 97.1 cm³/mol. The molecule has 1 aliphatic heterocycles. The summed E-state index contributed by atoms with van der Waals surface area (Å²) in [5.41, 5.74) is 0.477. The largest absolute Gasteiger partial charge is 0.496 e. The van der Waals surface area contributed by atoms with Crippen molar-refractivity contribution in [3.63, 3.8) is 0 Å². The molecule has 0 aromatic heterocycles. The van der Waals surface area contributed by atoms with E-state index in [1.165, 1.54) is 0 Å². The van der Waals surface area contributed by atoms with Gasteiger partial charge in [0.15, 0.2) is 0 Å². The number of ether oxygens (including phenoxy) is 1. The number of halogens is 1. The lowest BCUT2D eigenvalue weighted by Gasteiger charge is -2.25. The third kappa shape index (κ3) is 4.09. The van der Waals surface area contributed by atoms with Crippen LogP contribution in [-0.2, 0) is 4.79 Å². The molecule has 1 aromatic carbocycles. The van der Waals surface area contributed by atoms with Crippen molar-refractivity contribution in [1.29, 1.82) is 0 Å². The van der Waals surface area contributed by atoms with Gasteiger partial charge in [0.05, 0.1) is 12.7 Å². The Morgan fingerprint density at radius 3 is 2.44 bits per heavy atom. The van der Waals surface area contributed by atoms with Crippen LogP contribution in [-0.4, -0.2) is 54.9 Å². The molecule has 136 valence electrons. The number of carbonyl (C=O) groups is 2. The topological polar surface area (TPSA) is 49.9 Å². The van der Waals surface area contributed by atoms with Crippen molar-refractivity contribution in [3.05, 3.63) is 28.8 Å². The standard InChI is InChI=1S/C19H25ClN2O3/c1-25-17-8-7-15(20)13-16(17)19(24)22-10-4-9-21(11-12-22)18(23)14-5-2-3-6-14/h7-8,13-14H,2-6,9-12H2,1H3. The van der Waals surface area contributed by atoms with Crippen LogP contribution < -0.4 is 4.74 Å². The molecule has 2 amide bonds. The molecule has 0 atom stereocenters. The number of carbonyl (C=O) groups excluding carboxylic acids is 2. The number of methoxy groups -OCH3 is 1. The molecule has 6 heteroatoms. The molecule has 3 rings (SSSR count). The molecule has 1 aromatic rings. The first-order valence-electron chi connectivity index (χ1n) is 9.01. The third-order valence-corrected chi connectivity index (χ3v) is 5.43. The molecule has 25 heavy (non-hydrogen) atoms. The quantitative estimate of drug-likeness (QED) is 0.827. The second kappa shape index (κ2) is 8.09. The van der Waals surface area contributed by atoms with Gasteiger partial charge in [0.2, 0.25) is 5.91 Å². The summed E-state index contributed by atoms with van der Waals surface area (Å²) in [4.78, 5) is 29.3. The zero-order valence-electron chi connectivity index (χ0n) is 14.7.